The Balaban J connectivity index is 2.35. The van der Waals surface area contributed by atoms with Crippen LogP contribution in [0.25, 0.3) is 0 Å². The first-order chi connectivity index (χ1) is 9.19. The molecule has 0 aromatic rings. The van der Waals surface area contributed by atoms with Crippen LogP contribution in [0.5, 0.6) is 0 Å². The molecule has 2 N–H and O–H groups in total. The van der Waals surface area contributed by atoms with Gasteiger partial charge in [-0.3, -0.25) is 14.6 Å². The van der Waals surface area contributed by atoms with Gasteiger partial charge in [0.25, 0.3) is 0 Å². The van der Waals surface area contributed by atoms with Crippen molar-refractivity contribution < 1.29 is 9.90 Å². The molecule has 1 atom stereocenters. The number of carbonyl (C=O) groups is 1. The Bertz CT molecular complexity index is 305. The summed E-state index contributed by atoms with van der Waals surface area (Å²) in [6.07, 6.45) is 0. The second kappa shape index (κ2) is 7.38. The Hall–Kier alpha value is -0.650. The molecule has 1 rings (SSSR count). The average molecular weight is 285 g/mol. The molecule has 1 aliphatic heterocycles. The van der Waals surface area contributed by atoms with Gasteiger partial charge in [-0.15, -0.1) is 0 Å². The van der Waals surface area contributed by atoms with E-state index in [1.807, 2.05) is 20.8 Å². The highest BCUT2D eigenvalue weighted by Gasteiger charge is 2.27. The fraction of sp³-hybridized carbons (Fsp3) is 0.933. The molecular formula is C15H31N3O2. The minimum absolute atomic E-state index is 0.0713. The summed E-state index contributed by atoms with van der Waals surface area (Å²) in [5, 5.41) is 12.8. The van der Waals surface area contributed by atoms with Gasteiger partial charge in [0.2, 0.25) is 5.91 Å². The zero-order valence-electron chi connectivity index (χ0n) is 13.6. The van der Waals surface area contributed by atoms with Gasteiger partial charge in [-0.2, -0.15) is 0 Å². The smallest absolute Gasteiger partial charge is 0.237 e. The highest BCUT2D eigenvalue weighted by atomic mass is 16.3. The van der Waals surface area contributed by atoms with Crippen molar-refractivity contribution in [2.45, 2.75) is 46.3 Å². The molecule has 1 amide bonds. The molecule has 20 heavy (non-hydrogen) atoms. The Kier molecular flexibility index (Phi) is 6.43. The van der Waals surface area contributed by atoms with E-state index in [4.69, 9.17) is 0 Å². The first-order valence-corrected chi connectivity index (χ1v) is 7.65. The molecule has 0 radical (unpaired) electrons. The van der Waals surface area contributed by atoms with E-state index in [9.17, 15) is 9.90 Å². The molecule has 0 saturated carbocycles. The first kappa shape index (κ1) is 17.4. The van der Waals surface area contributed by atoms with Gasteiger partial charge in [0, 0.05) is 39.3 Å². The van der Waals surface area contributed by atoms with Crippen molar-refractivity contribution in [3.05, 3.63) is 0 Å². The van der Waals surface area contributed by atoms with Crippen molar-refractivity contribution in [3.8, 4) is 0 Å². The summed E-state index contributed by atoms with van der Waals surface area (Å²) < 4.78 is 0. The molecule has 0 aromatic carbocycles. The quantitative estimate of drug-likeness (QED) is 0.748. The van der Waals surface area contributed by atoms with Gasteiger partial charge in [-0.05, 0) is 26.7 Å². The SMILES string of the molecule is CC(C)CNC(=O)C(C)N1CCN(CC(C)(C)O)CC1. The predicted molar refractivity (Wildman–Crippen MR) is 81.6 cm³/mol. The number of hydrogen-bond acceptors (Lipinski definition) is 4. The average Bonchev–Trinajstić information content (AvgIpc) is 2.34. The molecule has 0 spiro atoms. The Morgan fingerprint density at radius 1 is 1.20 bits per heavy atom. The van der Waals surface area contributed by atoms with Crippen molar-refractivity contribution >= 4 is 5.91 Å². The lowest BCUT2D eigenvalue weighted by Crippen LogP contribution is -2.55. The van der Waals surface area contributed by atoms with Crippen LogP contribution in [0, 0.1) is 5.92 Å². The summed E-state index contributed by atoms with van der Waals surface area (Å²) in [4.78, 5) is 16.5. The number of rotatable bonds is 6. The number of amides is 1. The van der Waals surface area contributed by atoms with Crippen LogP contribution in [-0.4, -0.2) is 71.7 Å². The van der Waals surface area contributed by atoms with Crippen LogP contribution in [0.1, 0.15) is 34.6 Å². The van der Waals surface area contributed by atoms with Gasteiger partial charge in [-0.1, -0.05) is 13.8 Å². The molecule has 118 valence electrons. The summed E-state index contributed by atoms with van der Waals surface area (Å²) in [5.41, 5.74) is -0.650. The van der Waals surface area contributed by atoms with Crippen LogP contribution in [0.15, 0.2) is 0 Å². The summed E-state index contributed by atoms with van der Waals surface area (Å²) in [5.74, 6) is 0.601. The molecule has 1 unspecified atom stereocenters. The van der Waals surface area contributed by atoms with Crippen molar-refractivity contribution in [3.63, 3.8) is 0 Å². The molecule has 0 bridgehead atoms. The Morgan fingerprint density at radius 2 is 1.75 bits per heavy atom. The summed E-state index contributed by atoms with van der Waals surface area (Å²) in [6.45, 7) is 14.8. The van der Waals surface area contributed by atoms with Crippen molar-refractivity contribution in [1.82, 2.24) is 15.1 Å². The molecule has 0 aromatic heterocycles. The van der Waals surface area contributed by atoms with Gasteiger partial charge < -0.3 is 10.4 Å². The number of hydrogen-bond donors (Lipinski definition) is 2. The molecule has 1 aliphatic rings. The maximum absolute atomic E-state index is 12.1. The third-order valence-electron chi connectivity index (χ3n) is 3.63. The van der Waals surface area contributed by atoms with E-state index < -0.39 is 5.60 Å². The van der Waals surface area contributed by atoms with Gasteiger partial charge >= 0.3 is 0 Å². The number of nitrogens with one attached hydrogen (secondary N) is 1. The molecular weight excluding hydrogens is 254 g/mol. The minimum atomic E-state index is -0.650. The highest BCUT2D eigenvalue weighted by Crippen LogP contribution is 2.10. The maximum atomic E-state index is 12.1. The van der Waals surface area contributed by atoms with Crippen LogP contribution in [0.3, 0.4) is 0 Å². The number of carbonyl (C=O) groups excluding carboxylic acids is 1. The van der Waals surface area contributed by atoms with E-state index in [0.717, 1.165) is 32.7 Å². The zero-order valence-corrected chi connectivity index (χ0v) is 13.6. The maximum Gasteiger partial charge on any atom is 0.237 e. The lowest BCUT2D eigenvalue weighted by molar-refractivity contribution is -0.126. The monoisotopic (exact) mass is 285 g/mol. The highest BCUT2D eigenvalue weighted by molar-refractivity contribution is 5.81. The predicted octanol–water partition coefficient (Wildman–Crippen LogP) is 0.536. The topological polar surface area (TPSA) is 55.8 Å². The third-order valence-corrected chi connectivity index (χ3v) is 3.63. The summed E-state index contributed by atoms with van der Waals surface area (Å²) >= 11 is 0. The molecule has 1 heterocycles. The second-order valence-electron chi connectivity index (χ2n) is 6.94. The first-order valence-electron chi connectivity index (χ1n) is 7.65. The fourth-order valence-electron chi connectivity index (χ4n) is 2.47. The molecule has 5 nitrogen and oxygen atoms in total. The molecule has 5 heteroatoms. The van der Waals surface area contributed by atoms with Gasteiger partial charge in [-0.25, -0.2) is 0 Å². The Morgan fingerprint density at radius 3 is 2.20 bits per heavy atom. The van der Waals surface area contributed by atoms with Crippen LogP contribution >= 0.6 is 0 Å². The van der Waals surface area contributed by atoms with E-state index in [2.05, 4.69) is 29.0 Å². The van der Waals surface area contributed by atoms with Gasteiger partial charge in [0.15, 0.2) is 0 Å². The zero-order chi connectivity index (χ0) is 15.3. The Labute approximate surface area is 123 Å². The number of β-amino-alcohol motifs (C(OH)–C–C–N with tert-alkyl or cyclic N) is 1. The van der Waals surface area contributed by atoms with Crippen LogP contribution in [-0.2, 0) is 4.79 Å². The lowest BCUT2D eigenvalue weighted by Gasteiger charge is -2.39. The van der Waals surface area contributed by atoms with Crippen molar-refractivity contribution in [2.24, 2.45) is 5.92 Å². The van der Waals surface area contributed by atoms with Crippen molar-refractivity contribution in [2.75, 3.05) is 39.3 Å². The van der Waals surface area contributed by atoms with E-state index in [1.54, 1.807) is 0 Å². The molecule has 0 aliphatic carbocycles. The summed E-state index contributed by atoms with van der Waals surface area (Å²) in [6, 6.07) is -0.0713. The standard InChI is InChI=1S/C15H31N3O2/c1-12(2)10-16-14(19)13(3)18-8-6-17(7-9-18)11-15(4,5)20/h12-13,20H,6-11H2,1-5H3,(H,16,19). The third kappa shape index (κ3) is 6.20. The minimum Gasteiger partial charge on any atom is -0.389 e. The fourth-order valence-corrected chi connectivity index (χ4v) is 2.47. The van der Waals surface area contributed by atoms with Gasteiger partial charge in [0.05, 0.1) is 11.6 Å². The van der Waals surface area contributed by atoms with E-state index in [1.165, 1.54) is 0 Å². The number of aliphatic hydroxyl groups is 1. The van der Waals surface area contributed by atoms with E-state index >= 15 is 0 Å². The molecule has 1 saturated heterocycles. The van der Waals surface area contributed by atoms with Gasteiger partial charge in [0.1, 0.15) is 0 Å². The summed E-state index contributed by atoms with van der Waals surface area (Å²) in [7, 11) is 0. The number of nitrogens with zero attached hydrogens (tertiary/aromatic N) is 2. The normalized spacial score (nSPS) is 20.1. The largest absolute Gasteiger partial charge is 0.389 e. The van der Waals surface area contributed by atoms with Crippen LogP contribution in [0.2, 0.25) is 0 Å². The lowest BCUT2D eigenvalue weighted by atomic mass is 10.1. The van der Waals surface area contributed by atoms with E-state index in [0.29, 0.717) is 12.5 Å². The van der Waals surface area contributed by atoms with Crippen LogP contribution < -0.4 is 5.32 Å². The number of piperazine rings is 1. The van der Waals surface area contributed by atoms with Crippen LogP contribution in [0.4, 0.5) is 0 Å². The van der Waals surface area contributed by atoms with E-state index in [-0.39, 0.29) is 11.9 Å². The second-order valence-corrected chi connectivity index (χ2v) is 6.94. The van der Waals surface area contributed by atoms with Crippen molar-refractivity contribution in [1.29, 1.82) is 0 Å². The molecule has 1 fully saturated rings.